The molecule has 0 unspecified atom stereocenters. The van der Waals surface area contributed by atoms with E-state index >= 15 is 0 Å². The molecule has 0 bridgehead atoms. The van der Waals surface area contributed by atoms with Gasteiger partial charge in [0.15, 0.2) is 0 Å². The number of hydrogen-bond acceptors (Lipinski definition) is 4. The van der Waals surface area contributed by atoms with Crippen LogP contribution in [0.4, 0.5) is 24.5 Å². The topological polar surface area (TPSA) is 78.5 Å². The van der Waals surface area contributed by atoms with Gasteiger partial charge < -0.3 is 10.6 Å². The molecular weight excluding hydrogens is 407 g/mol. The highest BCUT2D eigenvalue weighted by Gasteiger charge is 2.30. The molecule has 1 amide bonds. The van der Waals surface area contributed by atoms with E-state index in [0.717, 1.165) is 12.1 Å². The molecular formula is C19H22F3N3O3S. The molecule has 0 atom stereocenters. The molecule has 0 radical (unpaired) electrons. The molecule has 0 aliphatic rings. The second kappa shape index (κ2) is 9.27. The molecule has 2 N–H and O–H groups in total. The van der Waals surface area contributed by atoms with E-state index in [9.17, 15) is 26.4 Å². The Kier molecular flexibility index (Phi) is 7.26. The lowest BCUT2D eigenvalue weighted by Crippen LogP contribution is -2.30. The number of anilines is 2. The van der Waals surface area contributed by atoms with Crippen LogP contribution in [0.5, 0.6) is 0 Å². The summed E-state index contributed by atoms with van der Waals surface area (Å²) in [5, 5.41) is 5.32. The van der Waals surface area contributed by atoms with Crippen LogP contribution in [0, 0.1) is 0 Å². The first-order chi connectivity index (χ1) is 13.6. The van der Waals surface area contributed by atoms with Gasteiger partial charge in [-0.3, -0.25) is 4.79 Å². The third kappa shape index (κ3) is 5.94. The number of benzene rings is 2. The zero-order valence-electron chi connectivity index (χ0n) is 16.0. The van der Waals surface area contributed by atoms with Crippen LogP contribution >= 0.6 is 0 Å². The number of hydrogen-bond donors (Lipinski definition) is 2. The number of alkyl halides is 3. The van der Waals surface area contributed by atoms with Crippen molar-refractivity contribution in [2.75, 3.05) is 30.3 Å². The van der Waals surface area contributed by atoms with Crippen molar-refractivity contribution in [3.05, 3.63) is 54.1 Å². The van der Waals surface area contributed by atoms with Gasteiger partial charge in [-0.2, -0.15) is 17.5 Å². The van der Waals surface area contributed by atoms with E-state index in [1.165, 1.54) is 28.6 Å². The van der Waals surface area contributed by atoms with E-state index in [1.54, 1.807) is 26.0 Å². The van der Waals surface area contributed by atoms with Crippen LogP contribution in [0.3, 0.4) is 0 Å². The molecule has 0 spiro atoms. The Morgan fingerprint density at radius 1 is 0.931 bits per heavy atom. The van der Waals surface area contributed by atoms with Gasteiger partial charge in [0.25, 0.3) is 0 Å². The summed E-state index contributed by atoms with van der Waals surface area (Å²) < 4.78 is 63.8. The van der Waals surface area contributed by atoms with Gasteiger partial charge in [0.1, 0.15) is 0 Å². The highest BCUT2D eigenvalue weighted by molar-refractivity contribution is 7.89. The number of nitrogens with zero attached hydrogens (tertiary/aromatic N) is 1. The van der Waals surface area contributed by atoms with Crippen molar-refractivity contribution in [3.8, 4) is 0 Å². The van der Waals surface area contributed by atoms with Gasteiger partial charge in [0, 0.05) is 24.5 Å². The molecule has 29 heavy (non-hydrogen) atoms. The first kappa shape index (κ1) is 22.7. The molecule has 158 valence electrons. The number of sulfonamides is 1. The molecule has 0 saturated heterocycles. The molecule has 2 rings (SSSR count). The molecule has 6 nitrogen and oxygen atoms in total. The van der Waals surface area contributed by atoms with Crippen LogP contribution in [0.2, 0.25) is 0 Å². The summed E-state index contributed by atoms with van der Waals surface area (Å²) in [5.74, 6) is -0.454. The van der Waals surface area contributed by atoms with Crippen molar-refractivity contribution in [2.45, 2.75) is 24.9 Å². The van der Waals surface area contributed by atoms with E-state index in [-0.39, 0.29) is 17.1 Å². The number of halogens is 3. The minimum absolute atomic E-state index is 0.136. The SMILES string of the molecule is CCN(CC)S(=O)(=O)c1ccc(NCC(=O)Nc2ccc(C(F)(F)F)cc2)cc1. The van der Waals surface area contributed by atoms with Crippen molar-refractivity contribution >= 4 is 27.3 Å². The van der Waals surface area contributed by atoms with Gasteiger partial charge in [-0.1, -0.05) is 13.8 Å². The first-order valence-corrected chi connectivity index (χ1v) is 10.3. The monoisotopic (exact) mass is 429 g/mol. The average Bonchev–Trinajstić information content (AvgIpc) is 2.67. The standard InChI is InChI=1S/C19H22F3N3O3S/c1-3-25(4-2)29(27,28)17-11-9-15(10-12-17)23-13-18(26)24-16-7-5-14(6-8-16)19(20,21)22/h5-12,23H,3-4,13H2,1-2H3,(H,24,26). The quantitative estimate of drug-likeness (QED) is 0.669. The van der Waals surface area contributed by atoms with Gasteiger partial charge in [-0.25, -0.2) is 8.42 Å². The first-order valence-electron chi connectivity index (χ1n) is 8.89. The summed E-state index contributed by atoms with van der Waals surface area (Å²) in [7, 11) is -3.56. The third-order valence-corrected chi connectivity index (χ3v) is 6.21. The Bertz CT molecular complexity index is 924. The number of nitrogens with one attached hydrogen (secondary N) is 2. The van der Waals surface area contributed by atoms with Crippen molar-refractivity contribution < 1.29 is 26.4 Å². The van der Waals surface area contributed by atoms with E-state index in [4.69, 9.17) is 0 Å². The Labute approximate surface area is 167 Å². The summed E-state index contributed by atoms with van der Waals surface area (Å²) >= 11 is 0. The lowest BCUT2D eigenvalue weighted by atomic mass is 10.2. The predicted molar refractivity (Wildman–Crippen MR) is 105 cm³/mol. The summed E-state index contributed by atoms with van der Waals surface area (Å²) in [6, 6.07) is 10.1. The highest BCUT2D eigenvalue weighted by Crippen LogP contribution is 2.29. The Morgan fingerprint density at radius 2 is 1.45 bits per heavy atom. The van der Waals surface area contributed by atoms with Gasteiger partial charge in [-0.05, 0) is 48.5 Å². The summed E-state index contributed by atoms with van der Waals surface area (Å²) in [6.07, 6.45) is -4.44. The summed E-state index contributed by atoms with van der Waals surface area (Å²) in [4.78, 5) is 12.1. The molecule has 10 heteroatoms. The minimum atomic E-state index is -4.44. The Morgan fingerprint density at radius 3 is 1.93 bits per heavy atom. The predicted octanol–water partition coefficient (Wildman–Crippen LogP) is 3.79. The molecule has 0 aliphatic carbocycles. The fourth-order valence-corrected chi connectivity index (χ4v) is 4.05. The molecule has 0 aliphatic heterocycles. The van der Waals surface area contributed by atoms with E-state index in [0.29, 0.717) is 18.8 Å². The van der Waals surface area contributed by atoms with E-state index in [1.807, 2.05) is 0 Å². The Hall–Kier alpha value is -2.59. The number of amides is 1. The molecule has 0 heterocycles. The van der Waals surface area contributed by atoms with Gasteiger partial charge in [0.05, 0.1) is 17.0 Å². The van der Waals surface area contributed by atoms with E-state index < -0.39 is 27.7 Å². The van der Waals surface area contributed by atoms with Crippen molar-refractivity contribution in [2.24, 2.45) is 0 Å². The van der Waals surface area contributed by atoms with Gasteiger partial charge in [-0.15, -0.1) is 0 Å². The van der Waals surface area contributed by atoms with Crippen LogP contribution in [0.1, 0.15) is 19.4 Å². The van der Waals surface area contributed by atoms with Gasteiger partial charge >= 0.3 is 6.18 Å². The largest absolute Gasteiger partial charge is 0.416 e. The fourth-order valence-electron chi connectivity index (χ4n) is 2.59. The second-order valence-electron chi connectivity index (χ2n) is 6.09. The van der Waals surface area contributed by atoms with Crippen LogP contribution in [-0.4, -0.2) is 38.3 Å². The fraction of sp³-hybridized carbons (Fsp3) is 0.316. The van der Waals surface area contributed by atoms with Crippen molar-refractivity contribution in [3.63, 3.8) is 0 Å². The number of rotatable bonds is 8. The maximum Gasteiger partial charge on any atom is 0.416 e. The summed E-state index contributed by atoms with van der Waals surface area (Å²) in [6.45, 7) is 4.10. The van der Waals surface area contributed by atoms with Crippen molar-refractivity contribution in [1.82, 2.24) is 4.31 Å². The molecule has 2 aromatic rings. The zero-order chi connectivity index (χ0) is 21.7. The number of carbonyl (C=O) groups is 1. The average molecular weight is 429 g/mol. The second-order valence-corrected chi connectivity index (χ2v) is 8.03. The zero-order valence-corrected chi connectivity index (χ0v) is 16.8. The lowest BCUT2D eigenvalue weighted by molar-refractivity contribution is -0.137. The maximum atomic E-state index is 12.5. The normalized spacial score (nSPS) is 12.1. The van der Waals surface area contributed by atoms with Crippen LogP contribution in [0.15, 0.2) is 53.4 Å². The van der Waals surface area contributed by atoms with Crippen molar-refractivity contribution in [1.29, 1.82) is 0 Å². The molecule has 0 fully saturated rings. The Balaban J connectivity index is 1.94. The minimum Gasteiger partial charge on any atom is -0.376 e. The molecule has 0 saturated carbocycles. The number of carbonyl (C=O) groups excluding carboxylic acids is 1. The summed E-state index contributed by atoms with van der Waals surface area (Å²) in [5.41, 5.74) is -0.0232. The third-order valence-electron chi connectivity index (χ3n) is 4.15. The van der Waals surface area contributed by atoms with Crippen LogP contribution in [0.25, 0.3) is 0 Å². The molecule has 2 aromatic carbocycles. The van der Waals surface area contributed by atoms with Crippen LogP contribution in [-0.2, 0) is 21.0 Å². The molecule has 0 aromatic heterocycles. The van der Waals surface area contributed by atoms with Gasteiger partial charge in [0.2, 0.25) is 15.9 Å². The van der Waals surface area contributed by atoms with E-state index in [2.05, 4.69) is 10.6 Å². The smallest absolute Gasteiger partial charge is 0.376 e. The maximum absolute atomic E-state index is 12.5. The lowest BCUT2D eigenvalue weighted by Gasteiger charge is -2.18. The highest BCUT2D eigenvalue weighted by atomic mass is 32.2. The van der Waals surface area contributed by atoms with Crippen LogP contribution < -0.4 is 10.6 Å².